The second kappa shape index (κ2) is 8.30. The normalized spacial score (nSPS) is 13.6. The topological polar surface area (TPSA) is 3.24 Å². The molecule has 1 nitrogen and oxygen atoms in total. The van der Waals surface area contributed by atoms with Crippen LogP contribution in [0.25, 0.3) is 42.1 Å². The minimum absolute atomic E-state index is 0.0488. The van der Waals surface area contributed by atoms with Crippen LogP contribution < -0.4 is 4.90 Å². The van der Waals surface area contributed by atoms with Crippen molar-refractivity contribution in [2.75, 3.05) is 4.90 Å². The molecule has 0 unspecified atom stereocenters. The van der Waals surface area contributed by atoms with Gasteiger partial charge in [0.1, 0.15) is 0 Å². The van der Waals surface area contributed by atoms with Crippen molar-refractivity contribution in [1.82, 2.24) is 0 Å². The molecule has 0 atom stereocenters. The highest BCUT2D eigenvalue weighted by atomic mass is 32.1. The first-order valence-corrected chi connectivity index (χ1v) is 14.4. The molecule has 1 aromatic heterocycles. The Morgan fingerprint density at radius 1 is 0.513 bits per heavy atom. The van der Waals surface area contributed by atoms with Crippen LogP contribution in [-0.4, -0.2) is 0 Å². The van der Waals surface area contributed by atoms with Gasteiger partial charge in [0.15, 0.2) is 0 Å². The third-order valence-corrected chi connectivity index (χ3v) is 9.73. The Balaban J connectivity index is 1.47. The van der Waals surface area contributed by atoms with Crippen molar-refractivity contribution < 1.29 is 0 Å². The summed E-state index contributed by atoms with van der Waals surface area (Å²) in [5.41, 5.74) is 9.03. The molecule has 0 saturated carbocycles. The Hall–Kier alpha value is -4.40. The molecule has 7 aromatic rings. The van der Waals surface area contributed by atoms with Gasteiger partial charge in [0.05, 0.1) is 16.1 Å². The van der Waals surface area contributed by atoms with E-state index in [1.807, 2.05) is 11.3 Å². The average Bonchev–Trinajstić information content (AvgIpc) is 3.48. The highest BCUT2D eigenvalue weighted by Crippen LogP contribution is 2.55. The maximum atomic E-state index is 2.48. The van der Waals surface area contributed by atoms with E-state index in [1.165, 1.54) is 70.3 Å². The highest BCUT2D eigenvalue weighted by molar-refractivity contribution is 7.27. The Morgan fingerprint density at radius 3 is 2.08 bits per heavy atom. The summed E-state index contributed by atoms with van der Waals surface area (Å²) in [6.07, 6.45) is 0. The van der Waals surface area contributed by atoms with Crippen molar-refractivity contribution in [3.8, 4) is 11.1 Å². The zero-order chi connectivity index (χ0) is 26.1. The molecule has 186 valence electrons. The lowest BCUT2D eigenvalue weighted by molar-refractivity contribution is 0.660. The lowest BCUT2D eigenvalue weighted by Crippen LogP contribution is -2.16. The van der Waals surface area contributed by atoms with Gasteiger partial charge in [-0.25, -0.2) is 0 Å². The van der Waals surface area contributed by atoms with Crippen LogP contribution in [0.15, 0.2) is 127 Å². The number of hydrogen-bond acceptors (Lipinski definition) is 2. The fourth-order valence-corrected chi connectivity index (χ4v) is 7.93. The molecule has 39 heavy (non-hydrogen) atoms. The van der Waals surface area contributed by atoms with E-state index in [0.717, 1.165) is 0 Å². The van der Waals surface area contributed by atoms with Crippen molar-refractivity contribution in [2.24, 2.45) is 0 Å². The number of fused-ring (bicyclic) bond motifs is 8. The summed E-state index contributed by atoms with van der Waals surface area (Å²) in [5.74, 6) is 0. The number of benzene rings is 6. The van der Waals surface area contributed by atoms with Crippen LogP contribution in [0.5, 0.6) is 0 Å². The van der Waals surface area contributed by atoms with Gasteiger partial charge in [-0.15, -0.1) is 11.3 Å². The van der Waals surface area contributed by atoms with E-state index in [2.05, 4.69) is 146 Å². The van der Waals surface area contributed by atoms with Crippen LogP contribution in [-0.2, 0) is 5.41 Å². The van der Waals surface area contributed by atoms with Crippen LogP contribution in [0.4, 0.5) is 17.1 Å². The molecule has 0 bridgehead atoms. The number of nitrogens with zero attached hydrogens (tertiary/aromatic N) is 1. The summed E-state index contributed by atoms with van der Waals surface area (Å²) >= 11 is 1.91. The molecule has 0 radical (unpaired) electrons. The van der Waals surface area contributed by atoms with Crippen molar-refractivity contribution in [3.05, 3.63) is 139 Å². The quantitative estimate of drug-likeness (QED) is 0.225. The van der Waals surface area contributed by atoms with E-state index in [4.69, 9.17) is 0 Å². The molecule has 2 heteroatoms. The van der Waals surface area contributed by atoms with E-state index in [1.54, 1.807) is 0 Å². The zero-order valence-electron chi connectivity index (χ0n) is 22.0. The Labute approximate surface area is 232 Å². The maximum absolute atomic E-state index is 2.48. The minimum atomic E-state index is -0.0488. The zero-order valence-corrected chi connectivity index (χ0v) is 22.8. The van der Waals surface area contributed by atoms with Crippen LogP contribution in [0.2, 0.25) is 0 Å². The predicted molar refractivity (Wildman–Crippen MR) is 169 cm³/mol. The summed E-state index contributed by atoms with van der Waals surface area (Å²) in [6, 6.07) is 46.7. The van der Waals surface area contributed by atoms with Gasteiger partial charge in [0.25, 0.3) is 0 Å². The summed E-state index contributed by atoms with van der Waals surface area (Å²) in [7, 11) is 0. The number of para-hydroxylation sites is 1. The molecule has 0 saturated heterocycles. The number of rotatable bonds is 3. The summed E-state index contributed by atoms with van der Waals surface area (Å²) < 4.78 is 2.67. The van der Waals surface area contributed by atoms with Crippen molar-refractivity contribution in [1.29, 1.82) is 0 Å². The summed E-state index contributed by atoms with van der Waals surface area (Å²) in [6.45, 7) is 4.71. The van der Waals surface area contributed by atoms with E-state index < -0.39 is 0 Å². The Bertz CT molecular complexity index is 2050. The Kier molecular flexibility index (Phi) is 4.80. The van der Waals surface area contributed by atoms with Gasteiger partial charge < -0.3 is 4.90 Å². The fraction of sp³-hybridized carbons (Fsp3) is 0.0811. The van der Waals surface area contributed by atoms with Crippen LogP contribution in [0.1, 0.15) is 25.0 Å². The van der Waals surface area contributed by atoms with Crippen LogP contribution in [0, 0.1) is 0 Å². The van der Waals surface area contributed by atoms with Crippen LogP contribution in [0.3, 0.4) is 0 Å². The molecule has 1 aliphatic carbocycles. The second-order valence-corrected chi connectivity index (χ2v) is 12.0. The molecule has 0 N–H and O–H groups in total. The van der Waals surface area contributed by atoms with Gasteiger partial charge in [-0.2, -0.15) is 0 Å². The van der Waals surface area contributed by atoms with Gasteiger partial charge in [-0.1, -0.05) is 117 Å². The third kappa shape index (κ3) is 3.19. The van der Waals surface area contributed by atoms with Crippen molar-refractivity contribution >= 4 is 59.3 Å². The smallest absolute Gasteiger partial charge is 0.0640 e. The lowest BCUT2D eigenvalue weighted by atomic mass is 9.82. The molecule has 0 spiro atoms. The maximum Gasteiger partial charge on any atom is 0.0640 e. The Morgan fingerprint density at radius 2 is 1.18 bits per heavy atom. The highest BCUT2D eigenvalue weighted by Gasteiger charge is 2.37. The van der Waals surface area contributed by atoms with Crippen molar-refractivity contribution in [3.63, 3.8) is 0 Å². The fourth-order valence-electron chi connectivity index (χ4n) is 6.59. The molecule has 1 heterocycles. The number of anilines is 3. The number of hydrogen-bond donors (Lipinski definition) is 0. The third-order valence-electron chi connectivity index (χ3n) is 8.45. The van der Waals surface area contributed by atoms with Gasteiger partial charge in [0, 0.05) is 32.1 Å². The van der Waals surface area contributed by atoms with E-state index in [-0.39, 0.29) is 5.41 Å². The lowest BCUT2D eigenvalue weighted by Gasteiger charge is -2.29. The van der Waals surface area contributed by atoms with Gasteiger partial charge in [-0.3, -0.25) is 0 Å². The first-order valence-electron chi connectivity index (χ1n) is 13.5. The average molecular weight is 518 g/mol. The molecule has 0 aliphatic heterocycles. The summed E-state index contributed by atoms with van der Waals surface area (Å²) in [5, 5.41) is 5.25. The van der Waals surface area contributed by atoms with Gasteiger partial charge in [-0.05, 0) is 51.7 Å². The van der Waals surface area contributed by atoms with E-state index >= 15 is 0 Å². The molecule has 1 aliphatic rings. The second-order valence-electron chi connectivity index (χ2n) is 11.0. The van der Waals surface area contributed by atoms with Crippen LogP contribution >= 0.6 is 11.3 Å². The summed E-state index contributed by atoms with van der Waals surface area (Å²) in [4.78, 5) is 2.48. The molecule has 0 fully saturated rings. The molecule has 6 aromatic carbocycles. The molecule has 8 rings (SSSR count). The number of thiophene rings is 1. The predicted octanol–water partition coefficient (Wildman–Crippen LogP) is 11.0. The van der Waals surface area contributed by atoms with Gasteiger partial charge in [0.2, 0.25) is 0 Å². The first-order chi connectivity index (χ1) is 19.1. The molecule has 0 amide bonds. The van der Waals surface area contributed by atoms with Crippen molar-refractivity contribution in [2.45, 2.75) is 19.3 Å². The first kappa shape index (κ1) is 22.6. The monoisotopic (exact) mass is 517 g/mol. The minimum Gasteiger partial charge on any atom is -0.308 e. The SMILES string of the molecule is CC1(C)c2ccccc2-c2c(N(c3ccccc3)c3cccc4c3sc3c5ccccc5ccc43)cccc21. The van der Waals surface area contributed by atoms with Gasteiger partial charge >= 0.3 is 0 Å². The standard InChI is InChI=1S/C37H27NS/c1-37(2)30-18-9-8-16-29(30)34-31(37)19-11-20-32(34)38(25-13-4-3-5-14-25)33-21-10-17-27-28-23-22-24-12-6-7-15-26(24)35(28)39-36(27)33/h3-23H,1-2H3. The largest absolute Gasteiger partial charge is 0.308 e. The van der Waals surface area contributed by atoms with E-state index in [9.17, 15) is 0 Å². The molecular weight excluding hydrogens is 490 g/mol. The molecular formula is C37H27NS. The van der Waals surface area contributed by atoms with E-state index in [0.29, 0.717) is 0 Å².